The molecular formula is C13H25FOSi3. The molecule has 1 aliphatic rings. The standard InChI is InChI=1S/C13H25FOSi3/c1-16(2,3)18(17(4,5)6)12(10-11-14)8-7-9-13(18)15/h7-9H,10-11H2,1-6H3. The highest BCUT2D eigenvalue weighted by atomic mass is 29.6. The van der Waals surface area contributed by atoms with Crippen LogP contribution in [0.5, 0.6) is 0 Å². The molecule has 0 fully saturated rings. The number of rotatable bonds is 4. The molecule has 0 aromatic carbocycles. The summed E-state index contributed by atoms with van der Waals surface area (Å²) in [6.07, 6.45) is 6.13. The van der Waals surface area contributed by atoms with Gasteiger partial charge in [-0.3, -0.25) is 4.39 Å². The van der Waals surface area contributed by atoms with E-state index in [2.05, 4.69) is 45.4 Å². The van der Waals surface area contributed by atoms with Gasteiger partial charge in [0.05, 0.1) is 21.9 Å². The van der Waals surface area contributed by atoms with Crippen LogP contribution in [-0.2, 0) is 4.79 Å². The Bertz CT molecular complexity index is 385. The predicted octanol–water partition coefficient (Wildman–Crippen LogP) is 3.77. The lowest BCUT2D eigenvalue weighted by molar-refractivity contribution is -0.108. The lowest BCUT2D eigenvalue weighted by atomic mass is 10.3. The number of carbonyl (C=O) groups excluding carboxylic acids is 1. The number of carbonyl (C=O) groups is 1. The number of hydrogen-bond acceptors (Lipinski definition) is 1. The molecular weight excluding hydrogens is 275 g/mol. The quantitative estimate of drug-likeness (QED) is 0.722. The predicted molar refractivity (Wildman–Crippen MR) is 85.3 cm³/mol. The van der Waals surface area contributed by atoms with Crippen LogP contribution < -0.4 is 0 Å². The first kappa shape index (κ1) is 15.8. The van der Waals surface area contributed by atoms with Crippen molar-refractivity contribution in [2.45, 2.75) is 45.7 Å². The number of hydrogen-bond donors (Lipinski definition) is 0. The highest BCUT2D eigenvalue weighted by Gasteiger charge is 2.61. The van der Waals surface area contributed by atoms with E-state index in [4.69, 9.17) is 0 Å². The van der Waals surface area contributed by atoms with E-state index in [-0.39, 0.29) is 6.67 Å². The molecule has 0 aliphatic carbocycles. The van der Waals surface area contributed by atoms with Crippen molar-refractivity contribution in [2.75, 3.05) is 6.67 Å². The van der Waals surface area contributed by atoms with Gasteiger partial charge in [0.25, 0.3) is 0 Å². The van der Waals surface area contributed by atoms with Crippen LogP contribution in [0, 0.1) is 0 Å². The molecule has 0 unspecified atom stereocenters. The fourth-order valence-electron chi connectivity index (χ4n) is 3.86. The van der Waals surface area contributed by atoms with Crippen molar-refractivity contribution >= 4 is 27.7 Å². The second-order valence-electron chi connectivity index (χ2n) is 7.10. The Kier molecular flexibility index (Phi) is 4.40. The van der Waals surface area contributed by atoms with E-state index >= 15 is 0 Å². The molecule has 0 aromatic heterocycles. The molecule has 1 aliphatic heterocycles. The van der Waals surface area contributed by atoms with Gasteiger partial charge >= 0.3 is 0 Å². The minimum Gasteiger partial charge on any atom is -0.301 e. The highest BCUT2D eigenvalue weighted by molar-refractivity contribution is 7.80. The average Bonchev–Trinajstić information content (AvgIpc) is 2.13. The fourth-order valence-corrected chi connectivity index (χ4v) is 50.0. The van der Waals surface area contributed by atoms with Gasteiger partial charge in [-0.1, -0.05) is 56.6 Å². The minimum absolute atomic E-state index is 0.337. The van der Waals surface area contributed by atoms with Gasteiger partial charge in [0.2, 0.25) is 0 Å². The molecule has 102 valence electrons. The first-order valence-electron chi connectivity index (χ1n) is 6.57. The Labute approximate surface area is 113 Å². The van der Waals surface area contributed by atoms with E-state index in [0.29, 0.717) is 11.8 Å². The van der Waals surface area contributed by atoms with Crippen LogP contribution in [0.25, 0.3) is 0 Å². The summed E-state index contributed by atoms with van der Waals surface area (Å²) in [5, 5.41) is 1.56. The van der Waals surface area contributed by atoms with Crippen molar-refractivity contribution in [3.05, 3.63) is 23.4 Å². The van der Waals surface area contributed by atoms with E-state index in [1.54, 1.807) is 6.08 Å². The summed E-state index contributed by atoms with van der Waals surface area (Å²) in [6.45, 7) is 13.5. The van der Waals surface area contributed by atoms with Crippen LogP contribution in [-0.4, -0.2) is 34.4 Å². The Morgan fingerprint density at radius 2 is 1.61 bits per heavy atom. The maximum atomic E-state index is 12.9. The van der Waals surface area contributed by atoms with Crippen molar-refractivity contribution in [3.8, 4) is 0 Å². The molecule has 0 saturated heterocycles. The molecule has 1 nitrogen and oxygen atoms in total. The van der Waals surface area contributed by atoms with Crippen LogP contribution in [0.1, 0.15) is 6.42 Å². The molecule has 0 aromatic rings. The minimum atomic E-state index is -2.17. The molecule has 0 saturated carbocycles. The molecule has 1 heterocycles. The molecule has 18 heavy (non-hydrogen) atoms. The fraction of sp³-hybridized carbons (Fsp3) is 0.615. The van der Waals surface area contributed by atoms with Gasteiger partial charge in [-0.15, -0.1) is 0 Å². The maximum absolute atomic E-state index is 12.9. The lowest BCUT2D eigenvalue weighted by Gasteiger charge is -2.50. The van der Waals surface area contributed by atoms with Crippen molar-refractivity contribution in [1.29, 1.82) is 0 Å². The van der Waals surface area contributed by atoms with Crippen LogP contribution in [0.2, 0.25) is 39.3 Å². The third kappa shape index (κ3) is 2.28. The van der Waals surface area contributed by atoms with Crippen LogP contribution in [0.15, 0.2) is 23.4 Å². The van der Waals surface area contributed by atoms with Crippen LogP contribution >= 0.6 is 0 Å². The summed E-state index contributed by atoms with van der Waals surface area (Å²) >= 11 is 0. The topological polar surface area (TPSA) is 17.1 Å². The molecule has 0 atom stereocenters. The number of halogens is 1. The second-order valence-corrected chi connectivity index (χ2v) is 33.7. The van der Waals surface area contributed by atoms with E-state index < -0.39 is 22.3 Å². The van der Waals surface area contributed by atoms with Gasteiger partial charge in [-0.2, -0.15) is 0 Å². The SMILES string of the molecule is C[Si](C)(C)[Si]1([Si](C)(C)C)C(=O)C=CC=C1CCF. The lowest BCUT2D eigenvalue weighted by Crippen LogP contribution is -2.77. The van der Waals surface area contributed by atoms with Gasteiger partial charge in [0.1, 0.15) is 12.5 Å². The van der Waals surface area contributed by atoms with E-state index in [0.717, 1.165) is 0 Å². The van der Waals surface area contributed by atoms with Gasteiger partial charge in [-0.25, -0.2) is 0 Å². The van der Waals surface area contributed by atoms with Crippen molar-refractivity contribution in [2.24, 2.45) is 0 Å². The first-order chi connectivity index (χ1) is 8.09. The monoisotopic (exact) mass is 300 g/mol. The van der Waals surface area contributed by atoms with Crippen molar-refractivity contribution in [1.82, 2.24) is 0 Å². The summed E-state index contributed by atoms with van der Waals surface area (Å²) in [6, 6.07) is 0. The average molecular weight is 301 g/mol. The normalized spacial score (nSPS) is 19.9. The van der Waals surface area contributed by atoms with Crippen molar-refractivity contribution < 1.29 is 9.18 Å². The first-order valence-corrected chi connectivity index (χ1v) is 17.6. The highest BCUT2D eigenvalue weighted by Crippen LogP contribution is 2.39. The van der Waals surface area contributed by atoms with E-state index in [9.17, 15) is 9.18 Å². The molecule has 0 spiro atoms. The molecule has 1 rings (SSSR count). The summed E-state index contributed by atoms with van der Waals surface area (Å²) in [7, 11) is -5.45. The summed E-state index contributed by atoms with van der Waals surface area (Å²) in [5.41, 5.74) is 0. The zero-order chi connectivity index (χ0) is 14.2. The number of alkyl halides is 1. The summed E-state index contributed by atoms with van der Waals surface area (Å²) in [4.78, 5) is 12.8. The second kappa shape index (κ2) is 5.02. The molecule has 5 heteroatoms. The van der Waals surface area contributed by atoms with Gasteiger partial charge in [0, 0.05) is 0 Å². The van der Waals surface area contributed by atoms with E-state index in [1.165, 1.54) is 5.20 Å². The van der Waals surface area contributed by atoms with Crippen LogP contribution in [0.4, 0.5) is 4.39 Å². The third-order valence-electron chi connectivity index (χ3n) is 4.01. The number of allylic oxidation sites excluding steroid dienone is 4. The molecule has 0 bridgehead atoms. The largest absolute Gasteiger partial charge is 0.301 e. The van der Waals surface area contributed by atoms with Gasteiger partial charge < -0.3 is 4.79 Å². The van der Waals surface area contributed by atoms with Crippen LogP contribution in [0.3, 0.4) is 0 Å². The van der Waals surface area contributed by atoms with Gasteiger partial charge in [0.15, 0.2) is 0 Å². The Morgan fingerprint density at radius 1 is 1.11 bits per heavy atom. The maximum Gasteiger partial charge on any atom is 0.148 e. The molecule has 0 N–H and O–H groups in total. The Hall–Kier alpha value is -0.269. The van der Waals surface area contributed by atoms with Crippen molar-refractivity contribution in [3.63, 3.8) is 0 Å². The van der Waals surface area contributed by atoms with E-state index in [1.807, 2.05) is 6.08 Å². The molecule has 0 radical (unpaired) electrons. The Morgan fingerprint density at radius 3 is 2.00 bits per heavy atom. The molecule has 0 amide bonds. The zero-order valence-corrected chi connectivity index (χ0v) is 15.4. The van der Waals surface area contributed by atoms with Gasteiger partial charge in [-0.05, 0) is 12.5 Å². The third-order valence-corrected chi connectivity index (χ3v) is 41.2. The smallest absolute Gasteiger partial charge is 0.148 e. The Balaban J connectivity index is 3.53. The summed E-state index contributed by atoms with van der Waals surface area (Å²) in [5.74, 6) is 0. The zero-order valence-electron chi connectivity index (χ0n) is 12.4. The summed E-state index contributed by atoms with van der Waals surface area (Å²) < 4.78 is 12.9.